The molecule has 0 aliphatic carbocycles. The van der Waals surface area contributed by atoms with E-state index < -0.39 is 38.0 Å². The summed E-state index contributed by atoms with van der Waals surface area (Å²) in [5.41, 5.74) is -0.132. The van der Waals surface area contributed by atoms with E-state index in [1.807, 2.05) is 0 Å². The monoisotopic (exact) mass is 597 g/mol. The minimum absolute atomic E-state index is 0.0132. The van der Waals surface area contributed by atoms with E-state index in [1.54, 1.807) is 24.3 Å². The maximum atomic E-state index is 13.7. The number of nitro benzene ring substituents is 1. The van der Waals surface area contributed by atoms with Gasteiger partial charge in [-0.25, -0.2) is 8.42 Å². The van der Waals surface area contributed by atoms with Crippen molar-refractivity contribution in [2.24, 2.45) is 0 Å². The smallest absolute Gasteiger partial charge is 0.289 e. The van der Waals surface area contributed by atoms with Gasteiger partial charge in [-0.15, -0.1) is 0 Å². The molecule has 0 heterocycles. The summed E-state index contributed by atoms with van der Waals surface area (Å²) < 4.78 is 39.6. The van der Waals surface area contributed by atoms with Gasteiger partial charge in [0.2, 0.25) is 5.91 Å². The average Bonchev–Trinajstić information content (AvgIpc) is 2.83. The molecule has 34 heavy (non-hydrogen) atoms. The molecule has 0 aliphatic rings. The summed E-state index contributed by atoms with van der Waals surface area (Å²) in [6.45, 7) is -0.664. The van der Waals surface area contributed by atoms with Crippen molar-refractivity contribution in [3.05, 3.63) is 80.4 Å². The highest BCUT2D eigenvalue weighted by atomic mass is 127. The number of halogens is 1. The highest BCUT2D eigenvalue weighted by Crippen LogP contribution is 2.37. The Morgan fingerprint density at radius 2 is 1.74 bits per heavy atom. The van der Waals surface area contributed by atoms with Crippen LogP contribution in [0.2, 0.25) is 0 Å². The molecule has 12 heteroatoms. The van der Waals surface area contributed by atoms with Crippen LogP contribution in [-0.4, -0.2) is 40.0 Å². The van der Waals surface area contributed by atoms with Gasteiger partial charge in [-0.1, -0.05) is 12.1 Å². The number of hydrogen-bond acceptors (Lipinski definition) is 7. The van der Waals surface area contributed by atoms with E-state index in [4.69, 9.17) is 9.47 Å². The lowest BCUT2D eigenvalue weighted by Crippen LogP contribution is -2.38. The van der Waals surface area contributed by atoms with Crippen molar-refractivity contribution in [3.63, 3.8) is 0 Å². The van der Waals surface area contributed by atoms with Crippen LogP contribution in [0.1, 0.15) is 0 Å². The first-order valence-electron chi connectivity index (χ1n) is 9.71. The molecule has 3 aromatic rings. The number of anilines is 2. The molecule has 0 radical (unpaired) electrons. The molecule has 0 unspecified atom stereocenters. The van der Waals surface area contributed by atoms with E-state index >= 15 is 0 Å². The first-order chi connectivity index (χ1) is 16.2. The number of para-hydroxylation sites is 1. The van der Waals surface area contributed by atoms with E-state index in [2.05, 4.69) is 27.9 Å². The van der Waals surface area contributed by atoms with Crippen molar-refractivity contribution < 1.29 is 27.6 Å². The number of benzene rings is 3. The van der Waals surface area contributed by atoms with Gasteiger partial charge in [0.1, 0.15) is 18.0 Å². The molecule has 0 aromatic heterocycles. The van der Waals surface area contributed by atoms with Gasteiger partial charge >= 0.3 is 0 Å². The van der Waals surface area contributed by atoms with Gasteiger partial charge in [-0.3, -0.25) is 19.2 Å². The number of sulfonamides is 1. The summed E-state index contributed by atoms with van der Waals surface area (Å²) in [6.07, 6.45) is 0. The van der Waals surface area contributed by atoms with E-state index in [0.717, 1.165) is 20.0 Å². The molecule has 3 rings (SSSR count). The Labute approximate surface area is 209 Å². The molecule has 0 aliphatic heterocycles. The molecule has 0 saturated heterocycles. The summed E-state index contributed by atoms with van der Waals surface area (Å²) in [5, 5.41) is 14.2. The van der Waals surface area contributed by atoms with Gasteiger partial charge in [0.25, 0.3) is 15.7 Å². The van der Waals surface area contributed by atoms with Gasteiger partial charge in [0, 0.05) is 21.4 Å². The lowest BCUT2D eigenvalue weighted by Gasteiger charge is -2.25. The number of carbonyl (C=O) groups excluding carboxylic acids is 1. The Bertz CT molecular complexity index is 1310. The normalized spacial score (nSPS) is 10.9. The number of nitro groups is 1. The summed E-state index contributed by atoms with van der Waals surface area (Å²) >= 11 is 2.12. The minimum atomic E-state index is -4.57. The number of ether oxygens (including phenoxy) is 2. The third kappa shape index (κ3) is 5.56. The Balaban J connectivity index is 2.10. The zero-order valence-electron chi connectivity index (χ0n) is 18.1. The van der Waals surface area contributed by atoms with Crippen LogP contribution in [0.5, 0.6) is 11.5 Å². The molecule has 0 spiro atoms. The van der Waals surface area contributed by atoms with Gasteiger partial charge in [0.05, 0.1) is 24.8 Å². The Morgan fingerprint density at radius 3 is 2.35 bits per heavy atom. The first-order valence-corrected chi connectivity index (χ1v) is 12.2. The molecule has 0 fully saturated rings. The number of amides is 1. The van der Waals surface area contributed by atoms with E-state index in [1.165, 1.54) is 44.6 Å². The number of carbonyl (C=O) groups is 1. The lowest BCUT2D eigenvalue weighted by atomic mass is 10.2. The van der Waals surface area contributed by atoms with E-state index in [0.29, 0.717) is 11.4 Å². The van der Waals surface area contributed by atoms with Crippen LogP contribution in [0.3, 0.4) is 0 Å². The summed E-state index contributed by atoms with van der Waals surface area (Å²) in [6, 6.07) is 16.2. The molecule has 0 atom stereocenters. The summed E-state index contributed by atoms with van der Waals surface area (Å²) in [7, 11) is -1.80. The number of rotatable bonds is 9. The lowest BCUT2D eigenvalue weighted by molar-refractivity contribution is -0.387. The SMILES string of the molecule is COc1ccc(N(CC(=O)Nc2ccc(I)cc2)S(=O)(=O)c2ccccc2[N+](=O)[O-])c(OC)c1. The van der Waals surface area contributed by atoms with Crippen molar-refractivity contribution >= 4 is 55.6 Å². The highest BCUT2D eigenvalue weighted by molar-refractivity contribution is 14.1. The third-order valence-electron chi connectivity index (χ3n) is 4.70. The third-order valence-corrected chi connectivity index (χ3v) is 7.23. The molecule has 1 amide bonds. The molecule has 0 saturated carbocycles. The van der Waals surface area contributed by atoms with E-state index in [9.17, 15) is 23.3 Å². The maximum absolute atomic E-state index is 13.7. The largest absolute Gasteiger partial charge is 0.497 e. The number of nitrogens with zero attached hydrogens (tertiary/aromatic N) is 2. The molecular weight excluding hydrogens is 577 g/mol. The number of hydrogen-bond donors (Lipinski definition) is 1. The van der Waals surface area contributed by atoms with Crippen LogP contribution in [0.4, 0.5) is 17.1 Å². The van der Waals surface area contributed by atoms with Crippen molar-refractivity contribution in [2.75, 3.05) is 30.4 Å². The van der Waals surface area contributed by atoms with Crippen molar-refractivity contribution in [2.45, 2.75) is 4.90 Å². The molecular formula is C22H20IN3O7S. The predicted molar refractivity (Wildman–Crippen MR) is 135 cm³/mol. The molecule has 3 aromatic carbocycles. The standard InChI is InChI=1S/C22H20IN3O7S/c1-32-17-11-12-18(20(13-17)33-2)25(14-22(27)24-16-9-7-15(23)8-10-16)34(30,31)21-6-4-3-5-19(21)26(28)29/h3-13H,14H2,1-2H3,(H,24,27). The second kappa shape index (κ2) is 10.7. The van der Waals surface area contributed by atoms with Gasteiger partial charge < -0.3 is 14.8 Å². The van der Waals surface area contributed by atoms with E-state index in [-0.39, 0.29) is 11.4 Å². The molecule has 1 N–H and O–H groups in total. The maximum Gasteiger partial charge on any atom is 0.289 e. The van der Waals surface area contributed by atoms with Gasteiger partial charge in [0.15, 0.2) is 4.90 Å². The average molecular weight is 597 g/mol. The van der Waals surface area contributed by atoms with Crippen LogP contribution in [0.15, 0.2) is 71.6 Å². The fraction of sp³-hybridized carbons (Fsp3) is 0.136. The zero-order valence-corrected chi connectivity index (χ0v) is 21.1. The summed E-state index contributed by atoms with van der Waals surface area (Å²) in [5.74, 6) is -0.156. The number of nitrogens with one attached hydrogen (secondary N) is 1. The van der Waals surface area contributed by atoms with Gasteiger partial charge in [-0.2, -0.15) is 0 Å². The topological polar surface area (TPSA) is 128 Å². The van der Waals surface area contributed by atoms with Gasteiger partial charge in [-0.05, 0) is 65.1 Å². The fourth-order valence-corrected chi connectivity index (χ4v) is 5.05. The quantitative estimate of drug-likeness (QED) is 0.224. The predicted octanol–water partition coefficient (Wildman–Crippen LogP) is 4.05. The number of methoxy groups -OCH3 is 2. The summed E-state index contributed by atoms with van der Waals surface area (Å²) in [4.78, 5) is 23.1. The Kier molecular flexibility index (Phi) is 7.94. The van der Waals surface area contributed by atoms with Crippen molar-refractivity contribution in [1.29, 1.82) is 0 Å². The second-order valence-electron chi connectivity index (χ2n) is 6.83. The van der Waals surface area contributed by atoms with Crippen LogP contribution < -0.4 is 19.1 Å². The fourth-order valence-electron chi connectivity index (χ4n) is 3.10. The van der Waals surface area contributed by atoms with Crippen molar-refractivity contribution in [1.82, 2.24) is 0 Å². The second-order valence-corrected chi connectivity index (χ2v) is 9.91. The highest BCUT2D eigenvalue weighted by Gasteiger charge is 2.34. The molecule has 10 nitrogen and oxygen atoms in total. The van der Waals surface area contributed by atoms with Crippen LogP contribution in [0, 0.1) is 13.7 Å². The zero-order chi connectivity index (χ0) is 24.9. The van der Waals surface area contributed by atoms with Crippen molar-refractivity contribution in [3.8, 4) is 11.5 Å². The van der Waals surface area contributed by atoms with Crippen LogP contribution in [0.25, 0.3) is 0 Å². The Hall–Kier alpha value is -3.39. The Morgan fingerprint density at radius 1 is 1.06 bits per heavy atom. The molecule has 178 valence electrons. The van der Waals surface area contributed by atoms with Crippen LogP contribution >= 0.6 is 22.6 Å². The molecule has 0 bridgehead atoms. The van der Waals surface area contributed by atoms with Crippen LogP contribution in [-0.2, 0) is 14.8 Å². The minimum Gasteiger partial charge on any atom is -0.497 e. The first kappa shape index (κ1) is 25.2.